The second-order valence-electron chi connectivity index (χ2n) is 5.99. The maximum atomic E-state index is 5.91. The minimum Gasteiger partial charge on any atom is -0.440 e. The number of benzene rings is 4. The molecule has 1 aliphatic rings. The Hall–Kier alpha value is -2.57. The molecule has 0 spiro atoms. The standard InChI is InChI=1S/C21H15O2P/c1-3-7-16-14(5-1)9-11-20-18(16)13-19-17-8-4-2-6-15(17)10-12-21(19)23-24-22-20/h1-12,24H,13H2. The summed E-state index contributed by atoms with van der Waals surface area (Å²) in [7, 11) is -0.0334. The summed E-state index contributed by atoms with van der Waals surface area (Å²) < 4.78 is 11.8. The molecule has 2 nitrogen and oxygen atoms in total. The molecular weight excluding hydrogens is 315 g/mol. The van der Waals surface area contributed by atoms with Crippen LogP contribution in [0.4, 0.5) is 0 Å². The largest absolute Gasteiger partial charge is 0.440 e. The molecule has 5 rings (SSSR count). The molecule has 1 aliphatic heterocycles. The van der Waals surface area contributed by atoms with E-state index in [4.69, 9.17) is 9.05 Å². The van der Waals surface area contributed by atoms with Crippen molar-refractivity contribution < 1.29 is 9.05 Å². The van der Waals surface area contributed by atoms with E-state index in [1.54, 1.807) is 0 Å². The average molecular weight is 330 g/mol. The minimum atomic E-state index is -0.0334. The zero-order valence-electron chi connectivity index (χ0n) is 13.0. The monoisotopic (exact) mass is 330 g/mol. The van der Waals surface area contributed by atoms with Crippen LogP contribution in [0.3, 0.4) is 0 Å². The van der Waals surface area contributed by atoms with Crippen molar-refractivity contribution in [1.29, 1.82) is 0 Å². The van der Waals surface area contributed by atoms with E-state index < -0.39 is 0 Å². The maximum absolute atomic E-state index is 5.91. The number of hydrogen-bond acceptors (Lipinski definition) is 2. The predicted molar refractivity (Wildman–Crippen MR) is 100 cm³/mol. The van der Waals surface area contributed by atoms with Crippen LogP contribution in [-0.2, 0) is 6.42 Å². The lowest BCUT2D eigenvalue weighted by atomic mass is 9.93. The van der Waals surface area contributed by atoms with Crippen molar-refractivity contribution in [2.75, 3.05) is 0 Å². The Morgan fingerprint density at radius 2 is 1.08 bits per heavy atom. The molecule has 0 N–H and O–H groups in total. The highest BCUT2D eigenvalue weighted by Gasteiger charge is 2.18. The second kappa shape index (κ2) is 5.51. The molecule has 0 aromatic heterocycles. The molecule has 0 aliphatic carbocycles. The normalized spacial score (nSPS) is 13.3. The van der Waals surface area contributed by atoms with Crippen LogP contribution in [-0.4, -0.2) is 0 Å². The average Bonchev–Trinajstić information content (AvgIpc) is 2.62. The molecule has 116 valence electrons. The lowest BCUT2D eigenvalue weighted by molar-refractivity contribution is 0.504. The molecule has 0 bridgehead atoms. The van der Waals surface area contributed by atoms with Gasteiger partial charge < -0.3 is 9.05 Å². The SMILES string of the molecule is c1ccc2c3c(ccc2c1)OPOc1ccc2ccccc2c1C3. The van der Waals surface area contributed by atoms with Crippen molar-refractivity contribution in [3.8, 4) is 11.5 Å². The number of rotatable bonds is 0. The van der Waals surface area contributed by atoms with Crippen LogP contribution in [0.1, 0.15) is 11.1 Å². The summed E-state index contributed by atoms with van der Waals surface area (Å²) in [5.74, 6) is 1.84. The van der Waals surface area contributed by atoms with Gasteiger partial charge in [-0.3, -0.25) is 0 Å². The third kappa shape index (κ3) is 2.15. The summed E-state index contributed by atoms with van der Waals surface area (Å²) in [6.45, 7) is 0. The van der Waals surface area contributed by atoms with Gasteiger partial charge in [0.25, 0.3) is 9.03 Å². The Balaban J connectivity index is 1.80. The van der Waals surface area contributed by atoms with Gasteiger partial charge in [-0.25, -0.2) is 0 Å². The number of hydrogen-bond donors (Lipinski definition) is 0. The molecule has 4 aromatic rings. The first-order valence-electron chi connectivity index (χ1n) is 8.00. The van der Waals surface area contributed by atoms with Gasteiger partial charge in [-0.1, -0.05) is 60.7 Å². The van der Waals surface area contributed by atoms with Crippen molar-refractivity contribution in [3.05, 3.63) is 83.9 Å². The van der Waals surface area contributed by atoms with Crippen LogP contribution in [0.2, 0.25) is 0 Å². The summed E-state index contributed by atoms with van der Waals surface area (Å²) in [6.07, 6.45) is 0.803. The van der Waals surface area contributed by atoms with Gasteiger partial charge in [-0.2, -0.15) is 0 Å². The predicted octanol–water partition coefficient (Wildman–Crippen LogP) is 5.86. The Bertz CT molecular complexity index is 987. The zero-order chi connectivity index (χ0) is 15.9. The van der Waals surface area contributed by atoms with E-state index in [1.165, 1.54) is 32.7 Å². The molecule has 3 heteroatoms. The molecule has 0 fully saturated rings. The molecule has 0 saturated heterocycles. The fraction of sp³-hybridized carbons (Fsp3) is 0.0476. The van der Waals surface area contributed by atoms with Crippen LogP contribution in [0.5, 0.6) is 11.5 Å². The van der Waals surface area contributed by atoms with Crippen molar-refractivity contribution >= 4 is 30.6 Å². The Morgan fingerprint density at radius 3 is 1.62 bits per heavy atom. The highest BCUT2D eigenvalue weighted by Crippen LogP contribution is 2.41. The minimum absolute atomic E-state index is 0.0334. The summed E-state index contributed by atoms with van der Waals surface area (Å²) >= 11 is 0. The number of fused-ring (bicyclic) bond motifs is 6. The van der Waals surface area contributed by atoms with Gasteiger partial charge in [0.2, 0.25) is 0 Å². The fourth-order valence-electron chi connectivity index (χ4n) is 3.48. The quantitative estimate of drug-likeness (QED) is 0.376. The van der Waals surface area contributed by atoms with Crippen LogP contribution in [0.25, 0.3) is 21.5 Å². The topological polar surface area (TPSA) is 18.5 Å². The lowest BCUT2D eigenvalue weighted by Gasteiger charge is -2.21. The van der Waals surface area contributed by atoms with Gasteiger partial charge in [-0.05, 0) is 33.7 Å². The second-order valence-corrected chi connectivity index (χ2v) is 6.57. The summed E-state index contributed by atoms with van der Waals surface area (Å²) in [6, 6.07) is 25.3. The van der Waals surface area contributed by atoms with E-state index in [9.17, 15) is 0 Å². The first-order chi connectivity index (χ1) is 11.9. The molecule has 0 atom stereocenters. The summed E-state index contributed by atoms with van der Waals surface area (Å²) in [4.78, 5) is 0. The molecule has 0 amide bonds. The zero-order valence-corrected chi connectivity index (χ0v) is 14.0. The molecular formula is C21H15O2P. The molecule has 0 saturated carbocycles. The third-order valence-electron chi connectivity index (χ3n) is 4.65. The van der Waals surface area contributed by atoms with E-state index >= 15 is 0 Å². The van der Waals surface area contributed by atoms with Crippen LogP contribution < -0.4 is 9.05 Å². The molecule has 0 unspecified atom stereocenters. The van der Waals surface area contributed by atoms with Gasteiger partial charge in [0.15, 0.2) is 0 Å². The smallest absolute Gasteiger partial charge is 0.275 e. The summed E-state index contributed by atoms with van der Waals surface area (Å²) in [5.41, 5.74) is 2.48. The van der Waals surface area contributed by atoms with E-state index in [1.807, 2.05) is 0 Å². The van der Waals surface area contributed by atoms with Gasteiger partial charge in [0, 0.05) is 17.5 Å². The highest BCUT2D eigenvalue weighted by atomic mass is 31.1. The molecule has 1 heterocycles. The van der Waals surface area contributed by atoms with Gasteiger partial charge in [0.05, 0.1) is 0 Å². The van der Waals surface area contributed by atoms with Gasteiger partial charge >= 0.3 is 0 Å². The van der Waals surface area contributed by atoms with E-state index in [-0.39, 0.29) is 9.03 Å². The fourth-order valence-corrected chi connectivity index (χ4v) is 4.08. The van der Waals surface area contributed by atoms with Crippen LogP contribution in [0, 0.1) is 0 Å². The maximum Gasteiger partial charge on any atom is 0.275 e. The lowest BCUT2D eigenvalue weighted by Crippen LogP contribution is -2.01. The van der Waals surface area contributed by atoms with Crippen molar-refractivity contribution in [1.82, 2.24) is 0 Å². The highest BCUT2D eigenvalue weighted by molar-refractivity contribution is 7.27. The van der Waals surface area contributed by atoms with E-state index in [2.05, 4.69) is 72.8 Å². The van der Waals surface area contributed by atoms with Crippen molar-refractivity contribution in [2.45, 2.75) is 6.42 Å². The van der Waals surface area contributed by atoms with Crippen LogP contribution >= 0.6 is 9.03 Å². The third-order valence-corrected chi connectivity index (χ3v) is 5.26. The van der Waals surface area contributed by atoms with Gasteiger partial charge in [0.1, 0.15) is 11.5 Å². The summed E-state index contributed by atoms with van der Waals surface area (Å²) in [5, 5.41) is 4.99. The molecule has 24 heavy (non-hydrogen) atoms. The van der Waals surface area contributed by atoms with Crippen LogP contribution in [0.15, 0.2) is 72.8 Å². The Morgan fingerprint density at radius 1 is 0.583 bits per heavy atom. The Labute approximate surface area is 142 Å². The van der Waals surface area contributed by atoms with Gasteiger partial charge in [-0.15, -0.1) is 0 Å². The Kier molecular flexibility index (Phi) is 3.17. The first-order valence-corrected chi connectivity index (χ1v) is 8.82. The van der Waals surface area contributed by atoms with Crippen molar-refractivity contribution in [3.63, 3.8) is 0 Å². The molecule has 4 aromatic carbocycles. The first kappa shape index (κ1) is 13.8. The van der Waals surface area contributed by atoms with E-state index in [0.29, 0.717) is 0 Å². The molecule has 0 radical (unpaired) electrons. The van der Waals surface area contributed by atoms with Crippen molar-refractivity contribution in [2.24, 2.45) is 0 Å². The van der Waals surface area contributed by atoms with E-state index in [0.717, 1.165) is 17.9 Å².